The molecule has 1 unspecified atom stereocenters. The number of amides is 1. The van der Waals surface area contributed by atoms with Gasteiger partial charge in [-0.1, -0.05) is 30.3 Å². The van der Waals surface area contributed by atoms with Crippen molar-refractivity contribution in [1.29, 1.82) is 0 Å². The van der Waals surface area contributed by atoms with Gasteiger partial charge in [0, 0.05) is 12.1 Å². The van der Waals surface area contributed by atoms with Gasteiger partial charge in [0.25, 0.3) is 5.91 Å². The summed E-state index contributed by atoms with van der Waals surface area (Å²) in [7, 11) is 3.98. The highest BCUT2D eigenvalue weighted by molar-refractivity contribution is 5.95. The van der Waals surface area contributed by atoms with Crippen LogP contribution in [0.2, 0.25) is 0 Å². The molecule has 0 aliphatic carbocycles. The molecule has 120 valence electrons. The lowest BCUT2D eigenvalue weighted by Gasteiger charge is -2.23. The molecule has 1 atom stereocenters. The summed E-state index contributed by atoms with van der Waals surface area (Å²) in [5, 5.41) is 3.10. The quantitative estimate of drug-likeness (QED) is 0.921. The molecule has 1 aliphatic rings. The van der Waals surface area contributed by atoms with Crippen LogP contribution in [0.15, 0.2) is 48.5 Å². The molecule has 23 heavy (non-hydrogen) atoms. The maximum absolute atomic E-state index is 12.6. The fourth-order valence-electron chi connectivity index (χ4n) is 2.56. The summed E-state index contributed by atoms with van der Waals surface area (Å²) in [5.41, 5.74) is 1.64. The summed E-state index contributed by atoms with van der Waals surface area (Å²) < 4.78 is 10.6. The van der Waals surface area contributed by atoms with Crippen LogP contribution >= 0.6 is 0 Å². The van der Waals surface area contributed by atoms with Gasteiger partial charge in [0.1, 0.15) is 0 Å². The van der Waals surface area contributed by atoms with Crippen LogP contribution in [0.5, 0.6) is 11.5 Å². The van der Waals surface area contributed by atoms with Crippen LogP contribution in [0.25, 0.3) is 0 Å². The number of hydrogen-bond acceptors (Lipinski definition) is 4. The number of carbonyl (C=O) groups excluding carboxylic acids is 1. The number of rotatable bonds is 5. The minimum Gasteiger partial charge on any atom is -0.454 e. The van der Waals surface area contributed by atoms with E-state index in [4.69, 9.17) is 9.47 Å². The fraction of sp³-hybridized carbons (Fsp3) is 0.278. The molecule has 0 aromatic heterocycles. The van der Waals surface area contributed by atoms with Crippen molar-refractivity contribution in [2.75, 3.05) is 27.4 Å². The Morgan fingerprint density at radius 2 is 1.87 bits per heavy atom. The van der Waals surface area contributed by atoms with Crippen LogP contribution in [-0.4, -0.2) is 38.2 Å². The lowest BCUT2D eigenvalue weighted by Crippen LogP contribution is -2.35. The van der Waals surface area contributed by atoms with Crippen molar-refractivity contribution in [2.24, 2.45) is 0 Å². The summed E-state index contributed by atoms with van der Waals surface area (Å²) in [6, 6.07) is 15.1. The number of benzene rings is 2. The predicted octanol–water partition coefficient (Wildman–Crippen LogP) is 2.45. The van der Waals surface area contributed by atoms with Gasteiger partial charge >= 0.3 is 0 Å². The highest BCUT2D eigenvalue weighted by atomic mass is 16.7. The monoisotopic (exact) mass is 312 g/mol. The third-order valence-electron chi connectivity index (χ3n) is 3.69. The molecule has 0 spiro atoms. The van der Waals surface area contributed by atoms with Gasteiger partial charge in [-0.3, -0.25) is 4.79 Å². The molecule has 0 radical (unpaired) electrons. The molecule has 1 N–H and O–H groups in total. The number of ether oxygens (including phenoxy) is 2. The van der Waals surface area contributed by atoms with Crippen molar-refractivity contribution in [3.63, 3.8) is 0 Å². The van der Waals surface area contributed by atoms with Crippen LogP contribution in [0.3, 0.4) is 0 Å². The van der Waals surface area contributed by atoms with E-state index in [1.54, 1.807) is 18.2 Å². The topological polar surface area (TPSA) is 50.8 Å². The first-order valence-electron chi connectivity index (χ1n) is 7.53. The lowest BCUT2D eigenvalue weighted by molar-refractivity contribution is 0.0929. The largest absolute Gasteiger partial charge is 0.454 e. The van der Waals surface area contributed by atoms with Crippen LogP contribution in [0, 0.1) is 0 Å². The van der Waals surface area contributed by atoms with Crippen LogP contribution in [0.4, 0.5) is 0 Å². The van der Waals surface area contributed by atoms with E-state index in [0.717, 1.165) is 12.1 Å². The van der Waals surface area contributed by atoms with Gasteiger partial charge in [-0.15, -0.1) is 0 Å². The Hall–Kier alpha value is -2.53. The van der Waals surface area contributed by atoms with Crippen molar-refractivity contribution in [3.8, 4) is 11.5 Å². The van der Waals surface area contributed by atoms with Crippen molar-refractivity contribution >= 4 is 5.91 Å². The standard InChI is InChI=1S/C18H20N2O3/c1-20(2)11-15(13-6-4-3-5-7-13)19-18(21)14-8-9-16-17(10-14)23-12-22-16/h3-10,15H,11-12H2,1-2H3,(H,19,21). The molecular formula is C18H20N2O3. The highest BCUT2D eigenvalue weighted by Crippen LogP contribution is 2.32. The van der Waals surface area contributed by atoms with Crippen LogP contribution in [0.1, 0.15) is 22.0 Å². The minimum absolute atomic E-state index is 0.0795. The maximum atomic E-state index is 12.6. The number of hydrogen-bond donors (Lipinski definition) is 1. The number of nitrogens with one attached hydrogen (secondary N) is 1. The van der Waals surface area contributed by atoms with E-state index in [9.17, 15) is 4.79 Å². The molecule has 0 saturated carbocycles. The molecule has 0 fully saturated rings. The predicted molar refractivity (Wildman–Crippen MR) is 87.8 cm³/mol. The van der Waals surface area contributed by atoms with E-state index in [1.807, 2.05) is 44.4 Å². The zero-order valence-corrected chi connectivity index (χ0v) is 13.3. The van der Waals surface area contributed by atoms with Crippen molar-refractivity contribution in [1.82, 2.24) is 10.2 Å². The molecule has 0 saturated heterocycles. The van der Waals surface area contributed by atoms with Gasteiger partial charge in [-0.2, -0.15) is 0 Å². The number of fused-ring (bicyclic) bond motifs is 1. The number of likely N-dealkylation sites (N-methyl/N-ethyl adjacent to an activating group) is 1. The zero-order valence-electron chi connectivity index (χ0n) is 13.3. The van der Waals surface area contributed by atoms with E-state index >= 15 is 0 Å². The molecule has 1 amide bonds. The van der Waals surface area contributed by atoms with E-state index in [1.165, 1.54) is 0 Å². The minimum atomic E-state index is -0.126. The SMILES string of the molecule is CN(C)CC(NC(=O)c1ccc2c(c1)OCO2)c1ccccc1. The Morgan fingerprint density at radius 3 is 2.61 bits per heavy atom. The molecule has 1 heterocycles. The fourth-order valence-corrected chi connectivity index (χ4v) is 2.56. The second kappa shape index (κ2) is 6.71. The van der Waals surface area contributed by atoms with Gasteiger partial charge in [0.2, 0.25) is 6.79 Å². The molecular weight excluding hydrogens is 292 g/mol. The van der Waals surface area contributed by atoms with E-state index in [-0.39, 0.29) is 18.7 Å². The van der Waals surface area contributed by atoms with Crippen molar-refractivity contribution in [2.45, 2.75) is 6.04 Å². The Bertz CT molecular complexity index is 686. The summed E-state index contributed by atoms with van der Waals surface area (Å²) in [5.74, 6) is 1.16. The first-order valence-corrected chi connectivity index (χ1v) is 7.53. The van der Waals surface area contributed by atoms with Gasteiger partial charge in [0.05, 0.1) is 6.04 Å². The smallest absolute Gasteiger partial charge is 0.251 e. The number of carbonyl (C=O) groups is 1. The zero-order chi connectivity index (χ0) is 16.2. The summed E-state index contributed by atoms with van der Waals surface area (Å²) >= 11 is 0. The summed E-state index contributed by atoms with van der Waals surface area (Å²) in [6.45, 7) is 0.925. The first-order chi connectivity index (χ1) is 11.1. The molecule has 2 aromatic rings. The molecule has 1 aliphatic heterocycles. The Kier molecular flexibility index (Phi) is 4.48. The van der Waals surface area contributed by atoms with Gasteiger partial charge in [0.15, 0.2) is 11.5 Å². The summed E-state index contributed by atoms with van der Waals surface area (Å²) in [4.78, 5) is 14.6. The molecule has 5 nitrogen and oxygen atoms in total. The third kappa shape index (κ3) is 3.63. The lowest BCUT2D eigenvalue weighted by atomic mass is 10.1. The second-order valence-electron chi connectivity index (χ2n) is 5.77. The Morgan fingerprint density at radius 1 is 1.13 bits per heavy atom. The average Bonchev–Trinajstić information content (AvgIpc) is 3.02. The van der Waals surface area contributed by atoms with Crippen molar-refractivity contribution < 1.29 is 14.3 Å². The Balaban J connectivity index is 1.78. The Labute approximate surface area is 135 Å². The molecule has 2 aromatic carbocycles. The van der Waals surface area contributed by atoms with E-state index < -0.39 is 0 Å². The average molecular weight is 312 g/mol. The van der Waals surface area contributed by atoms with Gasteiger partial charge < -0.3 is 19.7 Å². The second-order valence-corrected chi connectivity index (χ2v) is 5.77. The van der Waals surface area contributed by atoms with E-state index in [0.29, 0.717) is 17.1 Å². The van der Waals surface area contributed by atoms with Crippen molar-refractivity contribution in [3.05, 3.63) is 59.7 Å². The molecule has 3 rings (SSSR count). The first kappa shape index (κ1) is 15.4. The summed E-state index contributed by atoms with van der Waals surface area (Å²) in [6.07, 6.45) is 0. The van der Waals surface area contributed by atoms with Crippen LogP contribution < -0.4 is 14.8 Å². The number of nitrogens with zero attached hydrogens (tertiary/aromatic N) is 1. The molecule has 5 heteroatoms. The van der Waals surface area contributed by atoms with Gasteiger partial charge in [-0.05, 0) is 37.9 Å². The molecule has 0 bridgehead atoms. The van der Waals surface area contributed by atoms with E-state index in [2.05, 4.69) is 10.2 Å². The maximum Gasteiger partial charge on any atom is 0.251 e. The van der Waals surface area contributed by atoms with Gasteiger partial charge in [-0.25, -0.2) is 0 Å². The normalized spacial score (nSPS) is 13.9. The highest BCUT2D eigenvalue weighted by Gasteiger charge is 2.19. The third-order valence-corrected chi connectivity index (χ3v) is 3.69. The van der Waals surface area contributed by atoms with Crippen LogP contribution in [-0.2, 0) is 0 Å².